The maximum absolute atomic E-state index is 12.8. The molecule has 1 atom stereocenters. The molecule has 0 aromatic heterocycles. The number of hydrogen-bond donors (Lipinski definition) is 2. The van der Waals surface area contributed by atoms with E-state index >= 15 is 0 Å². The van der Waals surface area contributed by atoms with E-state index in [4.69, 9.17) is 5.73 Å². The predicted octanol–water partition coefficient (Wildman–Crippen LogP) is 3.84. The first kappa shape index (κ1) is 15.0. The van der Waals surface area contributed by atoms with E-state index in [1.165, 1.54) is 12.1 Å². The van der Waals surface area contributed by atoms with Gasteiger partial charge in [-0.1, -0.05) is 6.92 Å². The molecular formula is C12H17F3N2S. The van der Waals surface area contributed by atoms with Crippen molar-refractivity contribution in [3.63, 3.8) is 0 Å². The van der Waals surface area contributed by atoms with E-state index in [0.717, 1.165) is 17.6 Å². The van der Waals surface area contributed by atoms with Gasteiger partial charge in [-0.15, -0.1) is 0 Å². The van der Waals surface area contributed by atoms with Gasteiger partial charge in [0.1, 0.15) is 0 Å². The molecule has 2 nitrogen and oxygen atoms in total. The third-order valence-corrected chi connectivity index (χ3v) is 3.47. The first-order valence-corrected chi connectivity index (χ1v) is 6.81. The number of nitrogen functional groups attached to an aromatic ring is 1. The minimum Gasteiger partial charge on any atom is -0.399 e. The van der Waals surface area contributed by atoms with Crippen LogP contribution in [0, 0.1) is 0 Å². The van der Waals surface area contributed by atoms with Gasteiger partial charge in [0.15, 0.2) is 0 Å². The number of thioether (sulfide) groups is 1. The number of nitrogens with two attached hydrogens (primary N) is 1. The van der Waals surface area contributed by atoms with E-state index in [2.05, 4.69) is 5.32 Å². The number of anilines is 2. The molecule has 1 aromatic carbocycles. The maximum Gasteiger partial charge on any atom is 0.418 e. The Hall–Kier alpha value is -1.04. The average molecular weight is 278 g/mol. The van der Waals surface area contributed by atoms with Gasteiger partial charge >= 0.3 is 6.18 Å². The van der Waals surface area contributed by atoms with E-state index in [0.29, 0.717) is 0 Å². The Morgan fingerprint density at radius 1 is 1.39 bits per heavy atom. The molecule has 0 fully saturated rings. The van der Waals surface area contributed by atoms with E-state index in [9.17, 15) is 13.2 Å². The van der Waals surface area contributed by atoms with Gasteiger partial charge in [-0.2, -0.15) is 24.9 Å². The van der Waals surface area contributed by atoms with Crippen molar-refractivity contribution in [3.8, 4) is 0 Å². The van der Waals surface area contributed by atoms with E-state index in [1.807, 2.05) is 13.8 Å². The van der Waals surface area contributed by atoms with Crippen LogP contribution in [0.2, 0.25) is 0 Å². The fourth-order valence-electron chi connectivity index (χ4n) is 1.52. The molecule has 0 bridgehead atoms. The largest absolute Gasteiger partial charge is 0.418 e. The van der Waals surface area contributed by atoms with Crippen LogP contribution in [0.15, 0.2) is 18.2 Å². The van der Waals surface area contributed by atoms with Crippen LogP contribution in [0.1, 0.15) is 19.4 Å². The second-order valence-corrected chi connectivity index (χ2v) is 5.33. The van der Waals surface area contributed by atoms with Crippen LogP contribution in [0.5, 0.6) is 0 Å². The number of benzene rings is 1. The van der Waals surface area contributed by atoms with E-state index in [1.54, 1.807) is 11.8 Å². The number of alkyl halides is 3. The van der Waals surface area contributed by atoms with Gasteiger partial charge < -0.3 is 11.1 Å². The lowest BCUT2D eigenvalue weighted by Gasteiger charge is -2.19. The fraction of sp³-hybridized carbons (Fsp3) is 0.500. The first-order chi connectivity index (χ1) is 8.34. The van der Waals surface area contributed by atoms with Gasteiger partial charge in [0.05, 0.1) is 5.56 Å². The highest BCUT2D eigenvalue weighted by molar-refractivity contribution is 7.99. The van der Waals surface area contributed by atoms with Crippen LogP contribution >= 0.6 is 11.8 Å². The highest BCUT2D eigenvalue weighted by atomic mass is 32.2. The Morgan fingerprint density at radius 3 is 2.61 bits per heavy atom. The Balaban J connectivity index is 2.88. The fourth-order valence-corrected chi connectivity index (χ4v) is 2.20. The van der Waals surface area contributed by atoms with Crippen molar-refractivity contribution >= 4 is 23.1 Å². The van der Waals surface area contributed by atoms with Crippen molar-refractivity contribution in [2.24, 2.45) is 0 Å². The summed E-state index contributed by atoms with van der Waals surface area (Å²) < 4.78 is 38.5. The molecule has 0 aliphatic rings. The van der Waals surface area contributed by atoms with Gasteiger partial charge in [0.2, 0.25) is 0 Å². The summed E-state index contributed by atoms with van der Waals surface area (Å²) in [5.74, 6) is 1.71. The lowest BCUT2D eigenvalue weighted by molar-refractivity contribution is -0.136. The molecule has 102 valence electrons. The zero-order valence-electron chi connectivity index (χ0n) is 10.3. The average Bonchev–Trinajstić information content (AvgIpc) is 2.27. The number of halogens is 3. The minimum absolute atomic E-state index is 0.0281. The van der Waals surface area contributed by atoms with Gasteiger partial charge in [0, 0.05) is 23.2 Å². The maximum atomic E-state index is 12.8. The van der Waals surface area contributed by atoms with Crippen molar-refractivity contribution in [1.29, 1.82) is 0 Å². The molecule has 1 rings (SSSR count). The molecule has 1 aromatic rings. The van der Waals surface area contributed by atoms with E-state index in [-0.39, 0.29) is 17.4 Å². The summed E-state index contributed by atoms with van der Waals surface area (Å²) in [6.07, 6.45) is -4.39. The topological polar surface area (TPSA) is 38.0 Å². The summed E-state index contributed by atoms with van der Waals surface area (Å²) in [7, 11) is 0. The Labute approximate surface area is 109 Å². The van der Waals surface area contributed by atoms with Crippen molar-refractivity contribution < 1.29 is 13.2 Å². The van der Waals surface area contributed by atoms with Crippen LogP contribution in [0.25, 0.3) is 0 Å². The monoisotopic (exact) mass is 278 g/mol. The standard InChI is InChI=1S/C12H17F3N2S/c1-3-18-7-8(2)17-11-5-4-9(16)6-10(11)12(13,14)15/h4-6,8,17H,3,7,16H2,1-2H3. The first-order valence-electron chi connectivity index (χ1n) is 5.65. The van der Waals surface area contributed by atoms with Gasteiger partial charge in [-0.05, 0) is 30.9 Å². The molecule has 6 heteroatoms. The lowest BCUT2D eigenvalue weighted by Crippen LogP contribution is -2.21. The van der Waals surface area contributed by atoms with Crippen LogP contribution < -0.4 is 11.1 Å². The molecule has 0 saturated carbocycles. The van der Waals surface area contributed by atoms with Crippen LogP contribution in [-0.4, -0.2) is 17.5 Å². The van der Waals surface area contributed by atoms with Crippen LogP contribution in [-0.2, 0) is 6.18 Å². The second kappa shape index (κ2) is 6.22. The highest BCUT2D eigenvalue weighted by Gasteiger charge is 2.33. The smallest absolute Gasteiger partial charge is 0.399 e. The molecular weight excluding hydrogens is 261 g/mol. The Bertz CT molecular complexity index is 393. The molecule has 0 radical (unpaired) electrons. The summed E-state index contributed by atoms with van der Waals surface area (Å²) in [4.78, 5) is 0. The molecule has 1 unspecified atom stereocenters. The molecule has 3 N–H and O–H groups in total. The predicted molar refractivity (Wildman–Crippen MR) is 71.9 cm³/mol. The molecule has 0 amide bonds. The Morgan fingerprint density at radius 2 is 2.06 bits per heavy atom. The van der Waals surface area contributed by atoms with Crippen LogP contribution in [0.3, 0.4) is 0 Å². The van der Waals surface area contributed by atoms with Crippen LogP contribution in [0.4, 0.5) is 24.5 Å². The highest BCUT2D eigenvalue weighted by Crippen LogP contribution is 2.36. The third kappa shape index (κ3) is 4.33. The molecule has 0 aliphatic heterocycles. The summed E-state index contributed by atoms with van der Waals surface area (Å²) in [6, 6.07) is 3.78. The quantitative estimate of drug-likeness (QED) is 0.804. The van der Waals surface area contributed by atoms with E-state index < -0.39 is 11.7 Å². The molecule has 0 aliphatic carbocycles. The number of hydrogen-bond acceptors (Lipinski definition) is 3. The molecule has 0 saturated heterocycles. The Kier molecular flexibility index (Phi) is 5.19. The summed E-state index contributed by atoms with van der Waals surface area (Å²) in [5, 5.41) is 2.88. The van der Waals surface area contributed by atoms with Crippen molar-refractivity contribution in [1.82, 2.24) is 0 Å². The number of nitrogens with one attached hydrogen (secondary N) is 1. The number of rotatable bonds is 5. The minimum atomic E-state index is -4.39. The van der Waals surface area contributed by atoms with Gasteiger partial charge in [0.25, 0.3) is 0 Å². The molecule has 18 heavy (non-hydrogen) atoms. The van der Waals surface area contributed by atoms with Gasteiger partial charge in [-0.3, -0.25) is 0 Å². The normalized spacial score (nSPS) is 13.4. The summed E-state index contributed by atoms with van der Waals surface area (Å²) in [6.45, 7) is 3.88. The third-order valence-electron chi connectivity index (χ3n) is 2.32. The molecule has 0 heterocycles. The zero-order valence-corrected chi connectivity index (χ0v) is 11.2. The zero-order chi connectivity index (χ0) is 13.8. The summed E-state index contributed by atoms with van der Waals surface area (Å²) >= 11 is 1.68. The van der Waals surface area contributed by atoms with Crippen molar-refractivity contribution in [2.45, 2.75) is 26.1 Å². The van der Waals surface area contributed by atoms with Crippen molar-refractivity contribution in [2.75, 3.05) is 22.6 Å². The molecule has 0 spiro atoms. The second-order valence-electron chi connectivity index (χ2n) is 4.01. The van der Waals surface area contributed by atoms with Crippen molar-refractivity contribution in [3.05, 3.63) is 23.8 Å². The van der Waals surface area contributed by atoms with Gasteiger partial charge in [-0.25, -0.2) is 0 Å². The summed E-state index contributed by atoms with van der Waals surface area (Å²) in [5.41, 5.74) is 4.89. The lowest BCUT2D eigenvalue weighted by atomic mass is 10.1. The SMILES string of the molecule is CCSCC(C)Nc1ccc(N)cc1C(F)(F)F.